The fourth-order valence-electron chi connectivity index (χ4n) is 3.05. The van der Waals surface area contributed by atoms with Crippen LogP contribution in [-0.4, -0.2) is 20.3 Å². The Balaban J connectivity index is 2.64. The van der Waals surface area contributed by atoms with Gasteiger partial charge in [-0.15, -0.1) is 0 Å². The summed E-state index contributed by atoms with van der Waals surface area (Å²) >= 11 is 0. The average molecular weight is 292 g/mol. The van der Waals surface area contributed by atoms with Crippen LogP contribution in [0.25, 0.3) is 0 Å². The monoisotopic (exact) mass is 292 g/mol. The van der Waals surface area contributed by atoms with E-state index in [0.717, 1.165) is 24.2 Å². The van der Waals surface area contributed by atoms with Gasteiger partial charge in [0.05, 0.1) is 25.9 Å². The van der Waals surface area contributed by atoms with E-state index in [1.54, 1.807) is 7.11 Å². The first-order valence-electron chi connectivity index (χ1n) is 7.81. The first kappa shape index (κ1) is 16.3. The third-order valence-electron chi connectivity index (χ3n) is 3.99. The topological polar surface area (TPSA) is 27.7 Å². The van der Waals surface area contributed by atoms with Crippen molar-refractivity contribution in [2.75, 3.05) is 20.3 Å². The maximum absolute atomic E-state index is 6.03. The molecule has 3 heteroatoms. The first-order chi connectivity index (χ1) is 9.84. The summed E-state index contributed by atoms with van der Waals surface area (Å²) in [5.41, 5.74) is 3.46. The molecule has 1 aliphatic heterocycles. The lowest BCUT2D eigenvalue weighted by molar-refractivity contribution is -0.171. The summed E-state index contributed by atoms with van der Waals surface area (Å²) in [6.07, 6.45) is 1.85. The normalized spacial score (nSPS) is 18.0. The molecule has 0 radical (unpaired) electrons. The highest BCUT2D eigenvalue weighted by Crippen LogP contribution is 2.45. The molecule has 1 fully saturated rings. The van der Waals surface area contributed by atoms with E-state index in [9.17, 15) is 0 Å². The van der Waals surface area contributed by atoms with Crippen LogP contribution in [0.4, 0.5) is 0 Å². The molecule has 0 amide bonds. The van der Waals surface area contributed by atoms with Crippen molar-refractivity contribution in [1.82, 2.24) is 0 Å². The number of hydrogen-bond acceptors (Lipinski definition) is 3. The second-order valence-corrected chi connectivity index (χ2v) is 6.84. The van der Waals surface area contributed by atoms with Gasteiger partial charge in [0.15, 0.2) is 5.79 Å². The van der Waals surface area contributed by atoms with Gasteiger partial charge in [0.2, 0.25) is 0 Å². The summed E-state index contributed by atoms with van der Waals surface area (Å²) < 4.78 is 17.8. The summed E-state index contributed by atoms with van der Waals surface area (Å²) in [5, 5.41) is 0. The van der Waals surface area contributed by atoms with Crippen LogP contribution in [0.15, 0.2) is 12.1 Å². The second kappa shape index (κ2) is 5.98. The molecular weight excluding hydrogens is 264 g/mol. The van der Waals surface area contributed by atoms with E-state index in [-0.39, 0.29) is 5.41 Å². The number of aryl methyl sites for hydroxylation is 1. The predicted octanol–water partition coefficient (Wildman–Crippen LogP) is 4.30. The molecule has 0 aliphatic carbocycles. The molecule has 3 nitrogen and oxygen atoms in total. The first-order valence-corrected chi connectivity index (χ1v) is 7.81. The largest absolute Gasteiger partial charge is 0.496 e. The summed E-state index contributed by atoms with van der Waals surface area (Å²) in [4.78, 5) is 0. The lowest BCUT2D eigenvalue weighted by atomic mass is 9.82. The lowest BCUT2D eigenvalue weighted by Gasteiger charge is -2.32. The van der Waals surface area contributed by atoms with E-state index in [2.05, 4.69) is 46.8 Å². The van der Waals surface area contributed by atoms with Crippen molar-refractivity contribution in [3.05, 3.63) is 28.8 Å². The number of rotatable bonds is 4. The SMILES string of the molecule is CCCC1(c2cc(C)cc(C(C)(C)C)c2OC)OCCO1. The number of ether oxygens (including phenoxy) is 3. The summed E-state index contributed by atoms with van der Waals surface area (Å²) in [5.74, 6) is 0.259. The van der Waals surface area contributed by atoms with Crippen LogP contribution in [0.5, 0.6) is 5.75 Å². The third-order valence-corrected chi connectivity index (χ3v) is 3.99. The van der Waals surface area contributed by atoms with Crippen LogP contribution in [-0.2, 0) is 20.7 Å². The fraction of sp³-hybridized carbons (Fsp3) is 0.667. The molecule has 2 rings (SSSR count). The Labute approximate surface area is 128 Å². The number of benzene rings is 1. The molecular formula is C18H28O3. The third kappa shape index (κ3) is 3.09. The lowest BCUT2D eigenvalue weighted by Crippen LogP contribution is -2.29. The van der Waals surface area contributed by atoms with E-state index in [4.69, 9.17) is 14.2 Å². The quantitative estimate of drug-likeness (QED) is 0.828. The summed E-state index contributed by atoms with van der Waals surface area (Å²) in [6.45, 7) is 12.2. The minimum atomic E-state index is -0.647. The van der Waals surface area contributed by atoms with Gasteiger partial charge < -0.3 is 14.2 Å². The Morgan fingerprint density at radius 2 is 1.81 bits per heavy atom. The van der Waals surface area contributed by atoms with Gasteiger partial charge in [0.1, 0.15) is 5.75 Å². The van der Waals surface area contributed by atoms with Crippen molar-refractivity contribution in [1.29, 1.82) is 0 Å². The van der Waals surface area contributed by atoms with Crippen molar-refractivity contribution in [2.45, 2.75) is 58.7 Å². The molecule has 21 heavy (non-hydrogen) atoms. The smallest absolute Gasteiger partial charge is 0.198 e. The van der Waals surface area contributed by atoms with Crippen LogP contribution in [0.1, 0.15) is 57.2 Å². The van der Waals surface area contributed by atoms with E-state index < -0.39 is 5.79 Å². The maximum atomic E-state index is 6.03. The van der Waals surface area contributed by atoms with Gasteiger partial charge in [-0.3, -0.25) is 0 Å². The van der Waals surface area contributed by atoms with Crippen molar-refractivity contribution < 1.29 is 14.2 Å². The van der Waals surface area contributed by atoms with Gasteiger partial charge in [-0.05, 0) is 18.4 Å². The van der Waals surface area contributed by atoms with E-state index in [1.807, 2.05) is 0 Å². The molecule has 0 aromatic heterocycles. The average Bonchev–Trinajstić information content (AvgIpc) is 2.87. The van der Waals surface area contributed by atoms with Crippen molar-refractivity contribution >= 4 is 0 Å². The number of hydrogen-bond donors (Lipinski definition) is 0. The zero-order valence-corrected chi connectivity index (χ0v) is 14.2. The fourth-order valence-corrected chi connectivity index (χ4v) is 3.05. The van der Waals surface area contributed by atoms with Gasteiger partial charge in [-0.25, -0.2) is 0 Å². The Kier molecular flexibility index (Phi) is 4.64. The highest BCUT2D eigenvalue weighted by atomic mass is 16.7. The van der Waals surface area contributed by atoms with Gasteiger partial charge in [0.25, 0.3) is 0 Å². The van der Waals surface area contributed by atoms with E-state index in [1.165, 1.54) is 11.1 Å². The maximum Gasteiger partial charge on any atom is 0.198 e. The molecule has 0 spiro atoms. The molecule has 1 aromatic carbocycles. The van der Waals surface area contributed by atoms with Gasteiger partial charge >= 0.3 is 0 Å². The Morgan fingerprint density at radius 3 is 2.29 bits per heavy atom. The predicted molar refractivity (Wildman–Crippen MR) is 84.9 cm³/mol. The molecule has 118 valence electrons. The minimum absolute atomic E-state index is 0.0120. The molecule has 0 saturated carbocycles. The highest BCUT2D eigenvalue weighted by molar-refractivity contribution is 5.50. The molecule has 0 unspecified atom stereocenters. The Morgan fingerprint density at radius 1 is 1.19 bits per heavy atom. The van der Waals surface area contributed by atoms with Gasteiger partial charge in [0, 0.05) is 12.0 Å². The molecule has 1 aliphatic rings. The van der Waals surface area contributed by atoms with Crippen molar-refractivity contribution in [3.8, 4) is 5.75 Å². The molecule has 0 N–H and O–H groups in total. The summed E-state index contributed by atoms with van der Waals surface area (Å²) in [6, 6.07) is 4.35. The van der Waals surface area contributed by atoms with E-state index >= 15 is 0 Å². The van der Waals surface area contributed by atoms with Crippen LogP contribution in [0.2, 0.25) is 0 Å². The Hall–Kier alpha value is -1.06. The number of methoxy groups -OCH3 is 1. The second-order valence-electron chi connectivity index (χ2n) is 6.84. The standard InChI is InChI=1S/C18H28O3/c1-7-8-18(20-9-10-21-18)15-12-13(2)11-14(16(15)19-6)17(3,4)5/h11-12H,7-10H2,1-6H3. The molecule has 0 bridgehead atoms. The van der Waals surface area contributed by atoms with Crippen molar-refractivity contribution in [2.24, 2.45) is 0 Å². The molecule has 1 aromatic rings. The molecule has 0 atom stereocenters. The van der Waals surface area contributed by atoms with Crippen LogP contribution >= 0.6 is 0 Å². The van der Waals surface area contributed by atoms with Crippen LogP contribution < -0.4 is 4.74 Å². The highest BCUT2D eigenvalue weighted by Gasteiger charge is 2.41. The van der Waals surface area contributed by atoms with E-state index in [0.29, 0.717) is 13.2 Å². The van der Waals surface area contributed by atoms with Crippen molar-refractivity contribution in [3.63, 3.8) is 0 Å². The van der Waals surface area contributed by atoms with Crippen LogP contribution in [0, 0.1) is 6.92 Å². The molecule has 1 heterocycles. The van der Waals surface area contributed by atoms with Crippen LogP contribution in [0.3, 0.4) is 0 Å². The Bertz CT molecular complexity index is 494. The van der Waals surface area contributed by atoms with Gasteiger partial charge in [-0.1, -0.05) is 45.7 Å². The molecule has 1 saturated heterocycles. The minimum Gasteiger partial charge on any atom is -0.496 e. The summed E-state index contributed by atoms with van der Waals surface area (Å²) in [7, 11) is 1.73. The van der Waals surface area contributed by atoms with Gasteiger partial charge in [-0.2, -0.15) is 0 Å². The zero-order valence-electron chi connectivity index (χ0n) is 14.2. The zero-order chi connectivity index (χ0) is 15.7.